The van der Waals surface area contributed by atoms with E-state index in [9.17, 15) is 4.79 Å². The van der Waals surface area contributed by atoms with Crippen LogP contribution in [-0.4, -0.2) is 46.0 Å². The van der Waals surface area contributed by atoms with E-state index in [0.29, 0.717) is 17.6 Å². The van der Waals surface area contributed by atoms with E-state index in [2.05, 4.69) is 47.9 Å². The van der Waals surface area contributed by atoms with Crippen LogP contribution < -0.4 is 0 Å². The summed E-state index contributed by atoms with van der Waals surface area (Å²) in [6.45, 7) is 8.30. The molecule has 4 rings (SSSR count). The quantitative estimate of drug-likeness (QED) is 0.643. The standard InChI is InChI=1S/C25H28N2O3/c1-18-14-26(16-20-8-10-22(11-9-20)25(28)29)15-19(2)27(18)17-21-5-3-6-23(13-21)24-7-4-12-30-24/h3-13,18-19H,14-17H2,1-2H3,(H,28,29)/t18-,19+. The molecule has 0 radical (unpaired) electrons. The molecule has 1 saturated heterocycles. The normalized spacial score (nSPS) is 20.3. The van der Waals surface area contributed by atoms with Gasteiger partial charge in [-0.3, -0.25) is 9.80 Å². The Bertz CT molecular complexity index is 970. The van der Waals surface area contributed by atoms with E-state index < -0.39 is 5.97 Å². The summed E-state index contributed by atoms with van der Waals surface area (Å²) < 4.78 is 5.55. The number of hydrogen-bond acceptors (Lipinski definition) is 4. The maximum absolute atomic E-state index is 11.0. The Labute approximate surface area is 177 Å². The van der Waals surface area contributed by atoms with Gasteiger partial charge < -0.3 is 9.52 Å². The molecule has 2 aromatic carbocycles. The van der Waals surface area contributed by atoms with Gasteiger partial charge in [-0.05, 0) is 55.3 Å². The van der Waals surface area contributed by atoms with Crippen LogP contribution in [0.4, 0.5) is 0 Å². The largest absolute Gasteiger partial charge is 0.478 e. The highest BCUT2D eigenvalue weighted by molar-refractivity contribution is 5.87. The van der Waals surface area contributed by atoms with Gasteiger partial charge in [0.1, 0.15) is 5.76 Å². The fraction of sp³-hybridized carbons (Fsp3) is 0.320. The minimum atomic E-state index is -0.881. The van der Waals surface area contributed by atoms with Crippen molar-refractivity contribution in [1.29, 1.82) is 0 Å². The molecule has 0 amide bonds. The average molecular weight is 405 g/mol. The molecule has 1 fully saturated rings. The van der Waals surface area contributed by atoms with Crippen LogP contribution >= 0.6 is 0 Å². The molecule has 3 aromatic rings. The van der Waals surface area contributed by atoms with Gasteiger partial charge in [0.25, 0.3) is 0 Å². The lowest BCUT2D eigenvalue weighted by Crippen LogP contribution is -2.55. The smallest absolute Gasteiger partial charge is 0.335 e. The summed E-state index contributed by atoms with van der Waals surface area (Å²) in [5.74, 6) is 0.0187. The van der Waals surface area contributed by atoms with Crippen molar-refractivity contribution in [1.82, 2.24) is 9.80 Å². The number of nitrogens with zero attached hydrogens (tertiary/aromatic N) is 2. The van der Waals surface area contributed by atoms with E-state index in [1.807, 2.05) is 24.3 Å². The fourth-order valence-corrected chi connectivity index (χ4v) is 4.39. The van der Waals surface area contributed by atoms with E-state index in [0.717, 1.165) is 43.1 Å². The van der Waals surface area contributed by atoms with Crippen LogP contribution in [0.25, 0.3) is 11.3 Å². The Kier molecular flexibility index (Phi) is 6.02. The molecule has 5 nitrogen and oxygen atoms in total. The van der Waals surface area contributed by atoms with E-state index in [1.165, 1.54) is 5.56 Å². The second-order valence-corrected chi connectivity index (χ2v) is 8.24. The predicted octanol–water partition coefficient (Wildman–Crippen LogP) is 4.74. The van der Waals surface area contributed by atoms with Crippen molar-refractivity contribution in [2.75, 3.05) is 13.1 Å². The Balaban J connectivity index is 1.39. The zero-order valence-corrected chi connectivity index (χ0v) is 17.5. The highest BCUT2D eigenvalue weighted by atomic mass is 16.4. The first-order valence-corrected chi connectivity index (χ1v) is 10.4. The molecule has 2 heterocycles. The van der Waals surface area contributed by atoms with E-state index in [1.54, 1.807) is 18.4 Å². The summed E-state index contributed by atoms with van der Waals surface area (Å²) in [5.41, 5.74) is 3.89. The Morgan fingerprint density at radius 2 is 1.70 bits per heavy atom. The van der Waals surface area contributed by atoms with E-state index >= 15 is 0 Å². The summed E-state index contributed by atoms with van der Waals surface area (Å²) in [5, 5.41) is 9.07. The number of rotatable bonds is 6. The first kappa shape index (κ1) is 20.4. The lowest BCUT2D eigenvalue weighted by molar-refractivity contribution is 0.0290. The van der Waals surface area contributed by atoms with Crippen molar-refractivity contribution >= 4 is 5.97 Å². The van der Waals surface area contributed by atoms with Crippen LogP contribution in [0, 0.1) is 0 Å². The van der Waals surface area contributed by atoms with Gasteiger partial charge >= 0.3 is 5.97 Å². The molecule has 0 unspecified atom stereocenters. The molecule has 0 bridgehead atoms. The summed E-state index contributed by atoms with van der Waals surface area (Å²) in [6.07, 6.45) is 1.71. The molecular formula is C25H28N2O3. The molecule has 0 saturated carbocycles. The molecule has 1 aromatic heterocycles. The molecule has 30 heavy (non-hydrogen) atoms. The first-order valence-electron chi connectivity index (χ1n) is 10.4. The summed E-state index contributed by atoms with van der Waals surface area (Å²) in [4.78, 5) is 16.1. The second kappa shape index (κ2) is 8.86. The van der Waals surface area contributed by atoms with Crippen LogP contribution in [0.5, 0.6) is 0 Å². The molecule has 0 aliphatic carbocycles. The van der Waals surface area contributed by atoms with E-state index in [4.69, 9.17) is 9.52 Å². The van der Waals surface area contributed by atoms with Crippen molar-refractivity contribution in [2.45, 2.75) is 39.0 Å². The van der Waals surface area contributed by atoms with Crippen LogP contribution in [0.1, 0.15) is 35.3 Å². The summed E-state index contributed by atoms with van der Waals surface area (Å²) in [7, 11) is 0. The lowest BCUT2D eigenvalue weighted by atomic mass is 10.0. The number of carbonyl (C=O) groups is 1. The first-order chi connectivity index (χ1) is 14.5. The molecule has 1 N–H and O–H groups in total. The molecule has 5 heteroatoms. The van der Waals surface area contributed by atoms with Gasteiger partial charge in [0, 0.05) is 43.8 Å². The molecule has 2 atom stereocenters. The third kappa shape index (κ3) is 4.64. The Morgan fingerprint density at radius 1 is 0.967 bits per heavy atom. The topological polar surface area (TPSA) is 56.9 Å². The average Bonchev–Trinajstić information content (AvgIpc) is 3.26. The predicted molar refractivity (Wildman–Crippen MR) is 117 cm³/mol. The van der Waals surface area contributed by atoms with Crippen LogP contribution in [-0.2, 0) is 13.1 Å². The maximum Gasteiger partial charge on any atom is 0.335 e. The highest BCUT2D eigenvalue weighted by Crippen LogP contribution is 2.24. The number of carboxylic acid groups (broad SMARTS) is 1. The van der Waals surface area contributed by atoms with E-state index in [-0.39, 0.29) is 0 Å². The number of piperazine rings is 1. The number of carboxylic acids is 1. The van der Waals surface area contributed by atoms with Crippen LogP contribution in [0.2, 0.25) is 0 Å². The van der Waals surface area contributed by atoms with Crippen molar-refractivity contribution in [2.24, 2.45) is 0 Å². The number of hydrogen-bond donors (Lipinski definition) is 1. The molecular weight excluding hydrogens is 376 g/mol. The lowest BCUT2D eigenvalue weighted by Gasteiger charge is -2.44. The zero-order chi connectivity index (χ0) is 21.1. The van der Waals surface area contributed by atoms with Crippen molar-refractivity contribution in [3.8, 4) is 11.3 Å². The minimum Gasteiger partial charge on any atom is -0.478 e. The number of furan rings is 1. The van der Waals surface area contributed by atoms with Gasteiger partial charge in [-0.1, -0.05) is 30.3 Å². The van der Waals surface area contributed by atoms with Gasteiger partial charge in [-0.15, -0.1) is 0 Å². The number of benzene rings is 2. The minimum absolute atomic E-state index is 0.335. The van der Waals surface area contributed by atoms with Crippen molar-refractivity contribution in [3.63, 3.8) is 0 Å². The SMILES string of the molecule is C[C@@H]1CN(Cc2ccc(C(=O)O)cc2)C[C@H](C)N1Cc1cccc(-c2ccco2)c1. The van der Waals surface area contributed by atoms with Crippen LogP contribution in [0.15, 0.2) is 71.3 Å². The molecule has 0 spiro atoms. The Morgan fingerprint density at radius 3 is 2.33 bits per heavy atom. The van der Waals surface area contributed by atoms with Gasteiger partial charge in [-0.25, -0.2) is 4.79 Å². The molecule has 1 aliphatic heterocycles. The van der Waals surface area contributed by atoms with Gasteiger partial charge in [0.2, 0.25) is 0 Å². The fourth-order valence-electron chi connectivity index (χ4n) is 4.39. The molecule has 156 valence electrons. The summed E-state index contributed by atoms with van der Waals surface area (Å²) >= 11 is 0. The Hall–Kier alpha value is -2.89. The zero-order valence-electron chi connectivity index (χ0n) is 17.5. The third-order valence-corrected chi connectivity index (χ3v) is 5.88. The monoisotopic (exact) mass is 404 g/mol. The van der Waals surface area contributed by atoms with Gasteiger partial charge in [-0.2, -0.15) is 0 Å². The second-order valence-electron chi connectivity index (χ2n) is 8.24. The summed E-state index contributed by atoms with van der Waals surface area (Å²) in [6, 6.07) is 20.6. The van der Waals surface area contributed by atoms with Gasteiger partial charge in [0.15, 0.2) is 0 Å². The van der Waals surface area contributed by atoms with Crippen LogP contribution in [0.3, 0.4) is 0 Å². The number of aromatic carboxylic acids is 1. The van der Waals surface area contributed by atoms with Gasteiger partial charge in [0.05, 0.1) is 11.8 Å². The third-order valence-electron chi connectivity index (χ3n) is 5.88. The highest BCUT2D eigenvalue weighted by Gasteiger charge is 2.29. The van der Waals surface area contributed by atoms with Crippen molar-refractivity contribution in [3.05, 3.63) is 83.6 Å². The molecule has 1 aliphatic rings. The van der Waals surface area contributed by atoms with Crippen molar-refractivity contribution < 1.29 is 14.3 Å². The maximum atomic E-state index is 11.0.